The van der Waals surface area contributed by atoms with Gasteiger partial charge in [-0.25, -0.2) is 0 Å². The second-order valence-electron chi connectivity index (χ2n) is 9.22. The van der Waals surface area contributed by atoms with Crippen molar-refractivity contribution < 1.29 is 9.59 Å². The lowest BCUT2D eigenvalue weighted by Crippen LogP contribution is -2.62. The Bertz CT molecular complexity index is 819. The van der Waals surface area contributed by atoms with E-state index in [9.17, 15) is 9.59 Å². The van der Waals surface area contributed by atoms with E-state index in [0.717, 1.165) is 31.6 Å². The SMILES string of the molecule is O=C(N[C@@H](C(=O)NC1=NCCS1)C12CC3CC(CC(C3)C1)C2)c1ccc(Cl)cc1. The molecule has 5 aliphatic rings. The van der Waals surface area contributed by atoms with Crippen LogP contribution in [0.1, 0.15) is 48.9 Å². The minimum Gasteiger partial charge on any atom is -0.340 e. The Morgan fingerprint density at radius 1 is 1.07 bits per heavy atom. The zero-order valence-electron chi connectivity index (χ0n) is 16.3. The van der Waals surface area contributed by atoms with Crippen LogP contribution in [0.15, 0.2) is 29.3 Å². The summed E-state index contributed by atoms with van der Waals surface area (Å²) < 4.78 is 0. The number of amidine groups is 1. The zero-order valence-corrected chi connectivity index (χ0v) is 17.9. The van der Waals surface area contributed by atoms with Gasteiger partial charge in [0, 0.05) is 21.8 Å². The number of hydrogen-bond donors (Lipinski definition) is 2. The van der Waals surface area contributed by atoms with Gasteiger partial charge in [0.05, 0.1) is 6.54 Å². The normalized spacial score (nSPS) is 33.3. The number of rotatable bonds is 4. The van der Waals surface area contributed by atoms with Crippen LogP contribution in [-0.4, -0.2) is 35.3 Å². The highest BCUT2D eigenvalue weighted by molar-refractivity contribution is 8.14. The molecule has 0 saturated heterocycles. The summed E-state index contributed by atoms with van der Waals surface area (Å²) in [5, 5.41) is 7.41. The average Bonchev–Trinajstić information content (AvgIpc) is 3.18. The van der Waals surface area contributed by atoms with Crippen molar-refractivity contribution in [3.05, 3.63) is 34.9 Å². The number of nitrogens with one attached hydrogen (secondary N) is 2. The number of carbonyl (C=O) groups is 2. The molecule has 4 aliphatic carbocycles. The van der Waals surface area contributed by atoms with Crippen LogP contribution in [0.25, 0.3) is 0 Å². The van der Waals surface area contributed by atoms with Gasteiger partial charge in [0.2, 0.25) is 5.91 Å². The number of nitrogens with zero attached hydrogens (tertiary/aromatic N) is 1. The number of hydrogen-bond acceptors (Lipinski definition) is 4. The highest BCUT2D eigenvalue weighted by Gasteiger charge is 2.56. The summed E-state index contributed by atoms with van der Waals surface area (Å²) in [7, 11) is 0. The molecular formula is C22H26ClN3O2S. The molecule has 0 unspecified atom stereocenters. The van der Waals surface area contributed by atoms with Gasteiger partial charge in [-0.2, -0.15) is 0 Å². The first-order valence-corrected chi connectivity index (χ1v) is 11.9. The molecule has 4 fully saturated rings. The second-order valence-corrected chi connectivity index (χ2v) is 10.7. The van der Waals surface area contributed by atoms with Crippen LogP contribution >= 0.6 is 23.4 Å². The van der Waals surface area contributed by atoms with Gasteiger partial charge < -0.3 is 10.6 Å². The number of halogens is 1. The predicted octanol–water partition coefficient (Wildman–Crippen LogP) is 3.87. The van der Waals surface area contributed by atoms with Crippen LogP contribution in [0.4, 0.5) is 0 Å². The molecule has 0 aromatic heterocycles. The number of amides is 2. The van der Waals surface area contributed by atoms with E-state index in [-0.39, 0.29) is 17.2 Å². The summed E-state index contributed by atoms with van der Waals surface area (Å²) >= 11 is 7.54. The molecule has 1 aliphatic heterocycles. The van der Waals surface area contributed by atoms with Gasteiger partial charge in [-0.05, 0) is 80.5 Å². The average molecular weight is 432 g/mol. The van der Waals surface area contributed by atoms with Crippen molar-refractivity contribution in [2.24, 2.45) is 28.2 Å². The van der Waals surface area contributed by atoms with E-state index in [2.05, 4.69) is 15.6 Å². The maximum absolute atomic E-state index is 13.4. The maximum atomic E-state index is 13.4. The Kier molecular flexibility index (Phi) is 5.11. The molecule has 5 nitrogen and oxygen atoms in total. The first-order chi connectivity index (χ1) is 14.0. The van der Waals surface area contributed by atoms with Crippen molar-refractivity contribution >= 4 is 40.3 Å². The molecule has 1 aromatic carbocycles. The number of carbonyl (C=O) groups excluding carboxylic acids is 2. The van der Waals surface area contributed by atoms with E-state index in [4.69, 9.17) is 11.6 Å². The van der Waals surface area contributed by atoms with E-state index in [1.165, 1.54) is 19.3 Å². The van der Waals surface area contributed by atoms with Crippen LogP contribution in [0.3, 0.4) is 0 Å². The minimum atomic E-state index is -0.525. The molecule has 154 valence electrons. The fourth-order valence-corrected chi connectivity index (χ4v) is 7.29. The Morgan fingerprint density at radius 3 is 2.24 bits per heavy atom. The Morgan fingerprint density at radius 2 is 1.69 bits per heavy atom. The highest BCUT2D eigenvalue weighted by Crippen LogP contribution is 2.61. The lowest BCUT2D eigenvalue weighted by atomic mass is 9.47. The molecule has 2 amide bonds. The molecule has 2 N–H and O–H groups in total. The molecule has 1 aromatic rings. The smallest absolute Gasteiger partial charge is 0.251 e. The van der Waals surface area contributed by atoms with E-state index in [1.54, 1.807) is 36.0 Å². The van der Waals surface area contributed by atoms with Gasteiger partial charge in [0.1, 0.15) is 6.04 Å². The number of thioether (sulfide) groups is 1. The quantitative estimate of drug-likeness (QED) is 0.760. The molecule has 1 atom stereocenters. The van der Waals surface area contributed by atoms with Crippen molar-refractivity contribution in [1.82, 2.24) is 10.6 Å². The minimum absolute atomic E-state index is 0.109. The Hall–Kier alpha value is -1.53. The van der Waals surface area contributed by atoms with Crippen LogP contribution in [0.2, 0.25) is 5.02 Å². The second kappa shape index (κ2) is 7.62. The number of benzene rings is 1. The molecular weight excluding hydrogens is 406 g/mol. The van der Waals surface area contributed by atoms with E-state index in [0.29, 0.717) is 33.5 Å². The first kappa shape index (κ1) is 19.4. The summed E-state index contributed by atoms with van der Waals surface area (Å²) in [6, 6.07) is 6.32. The topological polar surface area (TPSA) is 70.6 Å². The van der Waals surface area contributed by atoms with Crippen LogP contribution in [-0.2, 0) is 4.79 Å². The predicted molar refractivity (Wildman–Crippen MR) is 116 cm³/mol. The van der Waals surface area contributed by atoms with Gasteiger partial charge in [-0.1, -0.05) is 23.4 Å². The fraction of sp³-hybridized carbons (Fsp3) is 0.591. The van der Waals surface area contributed by atoms with Crippen LogP contribution in [0.5, 0.6) is 0 Å². The highest BCUT2D eigenvalue weighted by atomic mass is 35.5. The molecule has 1 heterocycles. The molecule has 4 bridgehead atoms. The molecule has 7 heteroatoms. The van der Waals surface area contributed by atoms with Gasteiger partial charge in [0.15, 0.2) is 5.17 Å². The third kappa shape index (κ3) is 3.81. The third-order valence-corrected chi connectivity index (χ3v) is 8.30. The molecule has 0 spiro atoms. The third-order valence-electron chi connectivity index (χ3n) is 7.16. The van der Waals surface area contributed by atoms with Crippen molar-refractivity contribution in [1.29, 1.82) is 0 Å². The lowest BCUT2D eigenvalue weighted by molar-refractivity contribution is -0.133. The molecule has 0 radical (unpaired) electrons. The lowest BCUT2D eigenvalue weighted by Gasteiger charge is -2.58. The summed E-state index contributed by atoms with van der Waals surface area (Å²) in [5.74, 6) is 2.67. The van der Waals surface area contributed by atoms with Crippen molar-refractivity contribution in [2.45, 2.75) is 44.6 Å². The largest absolute Gasteiger partial charge is 0.340 e. The van der Waals surface area contributed by atoms with Crippen molar-refractivity contribution in [2.75, 3.05) is 12.3 Å². The van der Waals surface area contributed by atoms with Crippen molar-refractivity contribution in [3.8, 4) is 0 Å². The molecule has 4 saturated carbocycles. The van der Waals surface area contributed by atoms with Gasteiger partial charge in [0.25, 0.3) is 5.91 Å². The fourth-order valence-electron chi connectivity index (χ4n) is 6.43. The molecule has 29 heavy (non-hydrogen) atoms. The maximum Gasteiger partial charge on any atom is 0.251 e. The van der Waals surface area contributed by atoms with Crippen LogP contribution < -0.4 is 10.6 Å². The Balaban J connectivity index is 1.42. The van der Waals surface area contributed by atoms with E-state index < -0.39 is 6.04 Å². The first-order valence-electron chi connectivity index (χ1n) is 10.6. The zero-order chi connectivity index (χ0) is 20.0. The van der Waals surface area contributed by atoms with Crippen molar-refractivity contribution in [3.63, 3.8) is 0 Å². The monoisotopic (exact) mass is 431 g/mol. The summed E-state index contributed by atoms with van der Waals surface area (Å²) in [6.07, 6.45) is 7.00. The summed E-state index contributed by atoms with van der Waals surface area (Å²) in [5.41, 5.74) is 0.398. The number of aliphatic imine (C=N–C) groups is 1. The van der Waals surface area contributed by atoms with E-state index in [1.807, 2.05) is 0 Å². The van der Waals surface area contributed by atoms with E-state index >= 15 is 0 Å². The van der Waals surface area contributed by atoms with Gasteiger partial charge >= 0.3 is 0 Å². The Labute approximate surface area is 180 Å². The van der Waals surface area contributed by atoms with Gasteiger partial charge in [-0.15, -0.1) is 0 Å². The van der Waals surface area contributed by atoms with Gasteiger partial charge in [-0.3, -0.25) is 14.6 Å². The molecule has 6 rings (SSSR count). The summed E-state index contributed by atoms with van der Waals surface area (Å²) in [4.78, 5) is 30.8. The standard InChI is InChI=1S/C22H26ClN3O2S/c23-17-3-1-16(2-4-17)19(27)25-18(20(28)26-21-24-5-6-29-21)22-10-13-7-14(11-22)9-15(8-13)12-22/h1-4,13-15,18H,5-12H2,(H,25,27)(H,24,26,28)/t13?,14?,15?,18-,22?/m0/s1. The summed E-state index contributed by atoms with van der Waals surface area (Å²) in [6.45, 7) is 0.736. The van der Waals surface area contributed by atoms with Crippen LogP contribution in [0, 0.1) is 23.2 Å².